The molecule has 0 saturated carbocycles. The zero-order valence-electron chi connectivity index (χ0n) is 17.3. The summed E-state index contributed by atoms with van der Waals surface area (Å²) in [5.41, 5.74) is 1.64. The Hall–Kier alpha value is -2.95. The van der Waals surface area contributed by atoms with Gasteiger partial charge in [0.2, 0.25) is 0 Å². The summed E-state index contributed by atoms with van der Waals surface area (Å²) in [4.78, 5) is 35.3. The molecule has 0 N–H and O–H groups in total. The molecule has 0 atom stereocenters. The Kier molecular flexibility index (Phi) is 5.58. The average molecular weight is 469 g/mol. The van der Waals surface area contributed by atoms with Crippen molar-refractivity contribution in [1.82, 2.24) is 14.3 Å². The summed E-state index contributed by atoms with van der Waals surface area (Å²) in [5.74, 6) is 0.941. The van der Waals surface area contributed by atoms with Gasteiger partial charge in [-0.1, -0.05) is 30.0 Å². The predicted octanol–water partition coefficient (Wildman–Crippen LogP) is 2.83. The van der Waals surface area contributed by atoms with E-state index >= 15 is 0 Å². The van der Waals surface area contributed by atoms with Crippen LogP contribution in [0.2, 0.25) is 0 Å². The van der Waals surface area contributed by atoms with E-state index in [0.717, 1.165) is 5.56 Å². The fraction of sp³-hybridized carbons (Fsp3) is 0.273. The van der Waals surface area contributed by atoms with Crippen molar-refractivity contribution < 1.29 is 13.9 Å². The van der Waals surface area contributed by atoms with Gasteiger partial charge in [-0.2, -0.15) is 0 Å². The van der Waals surface area contributed by atoms with Gasteiger partial charge >= 0.3 is 0 Å². The SMILES string of the molecule is Cc1ccc2nc(N3CCOCC3)c(C=C3SC(=S)N(Cc4ccco4)C3=O)c(=O)n2c1. The maximum absolute atomic E-state index is 13.5. The molecule has 32 heavy (non-hydrogen) atoms. The van der Waals surface area contributed by atoms with Crippen molar-refractivity contribution in [3.63, 3.8) is 0 Å². The third-order valence-electron chi connectivity index (χ3n) is 5.34. The summed E-state index contributed by atoms with van der Waals surface area (Å²) in [7, 11) is 0. The fourth-order valence-corrected chi connectivity index (χ4v) is 4.95. The summed E-state index contributed by atoms with van der Waals surface area (Å²) >= 11 is 6.61. The van der Waals surface area contributed by atoms with E-state index in [0.29, 0.717) is 58.3 Å². The van der Waals surface area contributed by atoms with Crippen molar-refractivity contribution in [3.8, 4) is 0 Å². The number of ether oxygens (including phenoxy) is 1. The van der Waals surface area contributed by atoms with Crippen LogP contribution in [-0.2, 0) is 16.1 Å². The zero-order chi connectivity index (χ0) is 22.2. The van der Waals surface area contributed by atoms with Crippen molar-refractivity contribution in [2.75, 3.05) is 31.2 Å². The number of aromatic nitrogens is 2. The Morgan fingerprint density at radius 3 is 2.78 bits per heavy atom. The van der Waals surface area contributed by atoms with Crippen LogP contribution in [0.4, 0.5) is 5.82 Å². The van der Waals surface area contributed by atoms with E-state index in [1.165, 1.54) is 21.1 Å². The van der Waals surface area contributed by atoms with Gasteiger partial charge in [-0.25, -0.2) is 4.98 Å². The Balaban J connectivity index is 1.60. The highest BCUT2D eigenvalue weighted by Crippen LogP contribution is 2.34. The van der Waals surface area contributed by atoms with E-state index in [2.05, 4.69) is 0 Å². The highest BCUT2D eigenvalue weighted by Gasteiger charge is 2.33. The van der Waals surface area contributed by atoms with Gasteiger partial charge in [0, 0.05) is 19.3 Å². The largest absolute Gasteiger partial charge is 0.467 e. The zero-order valence-corrected chi connectivity index (χ0v) is 18.9. The third kappa shape index (κ3) is 3.85. The van der Waals surface area contributed by atoms with Gasteiger partial charge < -0.3 is 14.1 Å². The molecule has 2 saturated heterocycles. The summed E-state index contributed by atoms with van der Waals surface area (Å²) in [5, 5.41) is 0. The molecule has 0 unspecified atom stereocenters. The van der Waals surface area contributed by atoms with Gasteiger partial charge in [-0.15, -0.1) is 0 Å². The Bertz CT molecular complexity index is 1290. The number of hydrogen-bond donors (Lipinski definition) is 0. The van der Waals surface area contributed by atoms with E-state index in [4.69, 9.17) is 26.4 Å². The molecule has 3 aromatic rings. The molecule has 3 aromatic heterocycles. The molecule has 1 amide bonds. The molecule has 10 heteroatoms. The maximum atomic E-state index is 13.5. The molecule has 5 heterocycles. The number of furan rings is 1. The summed E-state index contributed by atoms with van der Waals surface area (Å²) in [6.07, 6.45) is 4.94. The van der Waals surface area contributed by atoms with Crippen LogP contribution in [0, 0.1) is 6.92 Å². The minimum absolute atomic E-state index is 0.225. The van der Waals surface area contributed by atoms with Crippen LogP contribution in [0.5, 0.6) is 0 Å². The van der Waals surface area contributed by atoms with Crippen LogP contribution < -0.4 is 10.5 Å². The number of pyridine rings is 1. The van der Waals surface area contributed by atoms with Crippen LogP contribution in [-0.4, -0.2) is 50.8 Å². The fourth-order valence-electron chi connectivity index (χ4n) is 3.72. The lowest BCUT2D eigenvalue weighted by Crippen LogP contribution is -2.38. The minimum Gasteiger partial charge on any atom is -0.467 e. The highest BCUT2D eigenvalue weighted by molar-refractivity contribution is 8.26. The quantitative estimate of drug-likeness (QED) is 0.427. The van der Waals surface area contributed by atoms with Gasteiger partial charge in [0.25, 0.3) is 11.5 Å². The monoisotopic (exact) mass is 468 g/mol. The second kappa shape index (κ2) is 8.53. The molecule has 164 valence electrons. The number of hydrogen-bond acceptors (Lipinski definition) is 8. The molecular weight excluding hydrogens is 448 g/mol. The van der Waals surface area contributed by atoms with Crippen molar-refractivity contribution >= 4 is 51.7 Å². The molecule has 0 spiro atoms. The molecule has 0 aliphatic carbocycles. The Morgan fingerprint density at radius 1 is 1.22 bits per heavy atom. The number of rotatable bonds is 4. The molecule has 2 aliphatic rings. The second-order valence-electron chi connectivity index (χ2n) is 7.54. The lowest BCUT2D eigenvalue weighted by molar-refractivity contribution is -0.122. The van der Waals surface area contributed by atoms with Crippen LogP contribution in [0.25, 0.3) is 11.7 Å². The number of carbonyl (C=O) groups excluding carboxylic acids is 1. The molecule has 0 radical (unpaired) electrons. The van der Waals surface area contributed by atoms with E-state index in [9.17, 15) is 9.59 Å². The normalized spacial score (nSPS) is 18.3. The third-order valence-corrected chi connectivity index (χ3v) is 6.72. The first-order chi connectivity index (χ1) is 15.5. The molecule has 8 nitrogen and oxygen atoms in total. The standard InChI is InChI=1S/C22H20N4O4S2/c1-14-4-5-18-23-19(24-6-9-29-10-7-24)16(20(27)25(18)12-14)11-17-21(28)26(22(31)32-17)13-15-3-2-8-30-15/h2-5,8,11-12H,6-7,9-10,13H2,1H3. The highest BCUT2D eigenvalue weighted by atomic mass is 32.2. The topological polar surface area (TPSA) is 80.3 Å². The maximum Gasteiger partial charge on any atom is 0.267 e. The predicted molar refractivity (Wildman–Crippen MR) is 127 cm³/mol. The number of aryl methyl sites for hydroxylation is 1. The number of amides is 1. The van der Waals surface area contributed by atoms with Gasteiger partial charge in [0.05, 0.1) is 36.5 Å². The Labute approximate surface area is 193 Å². The summed E-state index contributed by atoms with van der Waals surface area (Å²) in [6, 6.07) is 7.31. The molecule has 5 rings (SSSR count). The van der Waals surface area contributed by atoms with Crippen LogP contribution in [0.3, 0.4) is 0 Å². The van der Waals surface area contributed by atoms with Crippen molar-refractivity contribution in [2.24, 2.45) is 0 Å². The van der Waals surface area contributed by atoms with Crippen LogP contribution >= 0.6 is 24.0 Å². The first kappa shape index (κ1) is 20.9. The van der Waals surface area contributed by atoms with Crippen LogP contribution in [0.15, 0.2) is 50.8 Å². The van der Waals surface area contributed by atoms with Gasteiger partial charge in [-0.3, -0.25) is 18.9 Å². The van der Waals surface area contributed by atoms with E-state index in [1.54, 1.807) is 30.7 Å². The average Bonchev–Trinajstić information content (AvgIpc) is 3.40. The minimum atomic E-state index is -0.252. The number of morpholine rings is 1. The first-order valence-corrected chi connectivity index (χ1v) is 11.4. The lowest BCUT2D eigenvalue weighted by Gasteiger charge is -2.29. The first-order valence-electron chi connectivity index (χ1n) is 10.1. The smallest absolute Gasteiger partial charge is 0.267 e. The Morgan fingerprint density at radius 2 is 2.03 bits per heavy atom. The van der Waals surface area contributed by atoms with Crippen molar-refractivity contribution in [2.45, 2.75) is 13.5 Å². The number of thioether (sulfide) groups is 1. The van der Waals surface area contributed by atoms with Crippen molar-refractivity contribution in [1.29, 1.82) is 0 Å². The lowest BCUT2D eigenvalue weighted by atomic mass is 10.2. The molecule has 2 fully saturated rings. The van der Waals surface area contributed by atoms with Gasteiger partial charge in [0.1, 0.15) is 21.5 Å². The summed E-state index contributed by atoms with van der Waals surface area (Å²) < 4.78 is 12.8. The van der Waals surface area contributed by atoms with Crippen molar-refractivity contribution in [3.05, 3.63) is 68.9 Å². The van der Waals surface area contributed by atoms with E-state index in [-0.39, 0.29) is 18.0 Å². The number of fused-ring (bicyclic) bond motifs is 1. The number of nitrogens with zero attached hydrogens (tertiary/aromatic N) is 4. The van der Waals surface area contributed by atoms with Crippen LogP contribution in [0.1, 0.15) is 16.9 Å². The number of carbonyl (C=O) groups is 1. The molecule has 2 aliphatic heterocycles. The van der Waals surface area contributed by atoms with E-state index < -0.39 is 0 Å². The van der Waals surface area contributed by atoms with E-state index in [1.807, 2.05) is 24.0 Å². The number of anilines is 1. The van der Waals surface area contributed by atoms with Gasteiger partial charge in [-0.05, 0) is 36.8 Å². The molecule has 0 bridgehead atoms. The molecule has 0 aromatic carbocycles. The molecular formula is C22H20N4O4S2. The number of thiocarbonyl (C=S) groups is 1. The summed E-state index contributed by atoms with van der Waals surface area (Å²) in [6.45, 7) is 4.52. The van der Waals surface area contributed by atoms with Gasteiger partial charge in [0.15, 0.2) is 0 Å². The second-order valence-corrected chi connectivity index (χ2v) is 9.21.